The Hall–Kier alpha value is -3.13. The summed E-state index contributed by atoms with van der Waals surface area (Å²) in [5.74, 6) is -0.143. The van der Waals surface area contributed by atoms with Gasteiger partial charge in [0, 0.05) is 23.5 Å². The molecule has 0 radical (unpaired) electrons. The molecular formula is C23H25N3O4S. The van der Waals surface area contributed by atoms with Gasteiger partial charge >= 0.3 is 0 Å². The molecule has 1 unspecified atom stereocenters. The highest BCUT2D eigenvalue weighted by molar-refractivity contribution is 7.92. The molecule has 0 spiro atoms. The van der Waals surface area contributed by atoms with E-state index in [-0.39, 0.29) is 23.3 Å². The Balaban J connectivity index is 1.53. The van der Waals surface area contributed by atoms with Crippen LogP contribution in [-0.2, 0) is 21.4 Å². The minimum atomic E-state index is -3.76. The number of sulfonamides is 1. The molecule has 1 atom stereocenters. The van der Waals surface area contributed by atoms with Crippen molar-refractivity contribution in [1.82, 2.24) is 10.2 Å². The molecule has 2 aromatic carbocycles. The van der Waals surface area contributed by atoms with Gasteiger partial charge in [-0.05, 0) is 60.2 Å². The molecule has 2 aliphatic heterocycles. The number of rotatable bonds is 5. The summed E-state index contributed by atoms with van der Waals surface area (Å²) in [7, 11) is -3.76. The molecule has 2 aromatic rings. The van der Waals surface area contributed by atoms with Crippen molar-refractivity contribution in [2.24, 2.45) is 0 Å². The van der Waals surface area contributed by atoms with Crippen molar-refractivity contribution in [3.8, 4) is 0 Å². The van der Waals surface area contributed by atoms with Gasteiger partial charge in [-0.2, -0.15) is 0 Å². The fraction of sp³-hybridized carbons (Fsp3) is 0.304. The molecule has 1 saturated heterocycles. The molecule has 162 valence electrons. The third kappa shape index (κ3) is 4.07. The SMILES string of the molecule is C=C1CCC(N2Cc3cc(NS(=O)(=O)c4ccc(C(C)C)cc4)ccc3C2=O)C(=O)N1. The molecule has 2 aliphatic rings. The van der Waals surface area contributed by atoms with Gasteiger partial charge in [-0.25, -0.2) is 8.42 Å². The first-order chi connectivity index (χ1) is 14.7. The van der Waals surface area contributed by atoms with E-state index in [2.05, 4.69) is 16.6 Å². The van der Waals surface area contributed by atoms with E-state index < -0.39 is 16.1 Å². The molecule has 1 fully saturated rings. The van der Waals surface area contributed by atoms with Gasteiger partial charge in [0.1, 0.15) is 6.04 Å². The average Bonchev–Trinajstić information content (AvgIpc) is 3.03. The second-order valence-corrected chi connectivity index (χ2v) is 9.96. The Labute approximate surface area is 182 Å². The van der Waals surface area contributed by atoms with Gasteiger partial charge in [-0.1, -0.05) is 32.6 Å². The zero-order chi connectivity index (χ0) is 22.3. The topological polar surface area (TPSA) is 95.6 Å². The molecule has 2 N–H and O–H groups in total. The van der Waals surface area contributed by atoms with Gasteiger partial charge in [0.2, 0.25) is 5.91 Å². The molecule has 31 heavy (non-hydrogen) atoms. The van der Waals surface area contributed by atoms with Crippen LogP contribution in [-0.4, -0.2) is 31.2 Å². The quantitative estimate of drug-likeness (QED) is 0.747. The van der Waals surface area contributed by atoms with E-state index in [1.165, 1.54) is 4.90 Å². The van der Waals surface area contributed by atoms with Crippen LogP contribution in [0.15, 0.2) is 59.6 Å². The Bertz CT molecular complexity index is 1170. The van der Waals surface area contributed by atoms with Gasteiger partial charge < -0.3 is 10.2 Å². The monoisotopic (exact) mass is 439 g/mol. The second-order valence-electron chi connectivity index (χ2n) is 8.28. The van der Waals surface area contributed by atoms with Gasteiger partial charge in [-0.3, -0.25) is 14.3 Å². The highest BCUT2D eigenvalue weighted by Crippen LogP contribution is 2.31. The lowest BCUT2D eigenvalue weighted by Gasteiger charge is -2.30. The van der Waals surface area contributed by atoms with E-state index in [4.69, 9.17) is 0 Å². The van der Waals surface area contributed by atoms with Crippen LogP contribution < -0.4 is 10.0 Å². The molecule has 0 aromatic heterocycles. The molecule has 0 bridgehead atoms. The molecule has 0 saturated carbocycles. The first kappa shape index (κ1) is 21.1. The van der Waals surface area contributed by atoms with Crippen molar-refractivity contribution in [2.45, 2.75) is 50.1 Å². The summed E-state index contributed by atoms with van der Waals surface area (Å²) >= 11 is 0. The predicted octanol–water partition coefficient (Wildman–Crippen LogP) is 3.36. The lowest BCUT2D eigenvalue weighted by atomic mass is 10.0. The van der Waals surface area contributed by atoms with E-state index in [1.807, 2.05) is 26.0 Å². The number of hydrogen-bond donors (Lipinski definition) is 2. The van der Waals surface area contributed by atoms with Crippen molar-refractivity contribution in [1.29, 1.82) is 0 Å². The lowest BCUT2D eigenvalue weighted by Crippen LogP contribution is -2.49. The van der Waals surface area contributed by atoms with Crippen molar-refractivity contribution >= 4 is 27.5 Å². The van der Waals surface area contributed by atoms with Gasteiger partial charge in [-0.15, -0.1) is 0 Å². The number of carbonyl (C=O) groups excluding carboxylic acids is 2. The maximum absolute atomic E-state index is 12.8. The fourth-order valence-electron chi connectivity index (χ4n) is 3.96. The Morgan fingerprint density at radius 3 is 2.48 bits per heavy atom. The Morgan fingerprint density at radius 1 is 1.13 bits per heavy atom. The number of hydrogen-bond acceptors (Lipinski definition) is 4. The van der Waals surface area contributed by atoms with Crippen LogP contribution in [0, 0.1) is 0 Å². The third-order valence-electron chi connectivity index (χ3n) is 5.74. The maximum Gasteiger partial charge on any atom is 0.261 e. The van der Waals surface area contributed by atoms with Gasteiger partial charge in [0.05, 0.1) is 4.90 Å². The van der Waals surface area contributed by atoms with Crippen molar-refractivity contribution in [3.63, 3.8) is 0 Å². The first-order valence-corrected chi connectivity index (χ1v) is 11.7. The number of nitrogens with one attached hydrogen (secondary N) is 2. The van der Waals surface area contributed by atoms with Crippen molar-refractivity contribution in [2.75, 3.05) is 4.72 Å². The van der Waals surface area contributed by atoms with E-state index in [0.29, 0.717) is 41.3 Å². The summed E-state index contributed by atoms with van der Waals surface area (Å²) in [5, 5.41) is 2.71. The molecule has 2 heterocycles. The molecule has 0 aliphatic carbocycles. The maximum atomic E-state index is 12.8. The van der Waals surface area contributed by atoms with E-state index in [0.717, 1.165) is 5.56 Å². The largest absolute Gasteiger partial charge is 0.329 e. The molecule has 7 nitrogen and oxygen atoms in total. The number of amides is 2. The molecule has 8 heteroatoms. The van der Waals surface area contributed by atoms with Crippen LogP contribution in [0.4, 0.5) is 5.69 Å². The minimum Gasteiger partial charge on any atom is -0.329 e. The second kappa shape index (κ2) is 7.85. The number of allylic oxidation sites excluding steroid dienone is 1. The van der Waals surface area contributed by atoms with Crippen LogP contribution in [0.3, 0.4) is 0 Å². The predicted molar refractivity (Wildman–Crippen MR) is 118 cm³/mol. The number of fused-ring (bicyclic) bond motifs is 1. The third-order valence-corrected chi connectivity index (χ3v) is 7.14. The molecule has 2 amide bonds. The van der Waals surface area contributed by atoms with Crippen molar-refractivity contribution < 1.29 is 18.0 Å². The van der Waals surface area contributed by atoms with Crippen molar-refractivity contribution in [3.05, 3.63) is 71.4 Å². The highest BCUT2D eigenvalue weighted by atomic mass is 32.2. The smallest absolute Gasteiger partial charge is 0.261 e. The van der Waals surface area contributed by atoms with Gasteiger partial charge in [0.25, 0.3) is 15.9 Å². The molecular weight excluding hydrogens is 414 g/mol. The number of anilines is 1. The summed E-state index contributed by atoms with van der Waals surface area (Å²) < 4.78 is 28.2. The van der Waals surface area contributed by atoms with E-state index >= 15 is 0 Å². The number of piperidine rings is 1. The van der Waals surface area contributed by atoms with Crippen LogP contribution in [0.1, 0.15) is 54.1 Å². The lowest BCUT2D eigenvalue weighted by molar-refractivity contribution is -0.126. The van der Waals surface area contributed by atoms with Gasteiger partial charge in [0.15, 0.2) is 0 Å². The number of nitrogens with zero attached hydrogens (tertiary/aromatic N) is 1. The Morgan fingerprint density at radius 2 is 1.84 bits per heavy atom. The zero-order valence-corrected chi connectivity index (χ0v) is 18.3. The summed E-state index contributed by atoms with van der Waals surface area (Å²) in [6.45, 7) is 8.12. The van der Waals surface area contributed by atoms with Crippen LogP contribution in [0.2, 0.25) is 0 Å². The van der Waals surface area contributed by atoms with Crippen LogP contribution >= 0.6 is 0 Å². The summed E-state index contributed by atoms with van der Waals surface area (Å²) in [5.41, 5.74) is 3.27. The average molecular weight is 440 g/mol. The molecule has 4 rings (SSSR count). The van der Waals surface area contributed by atoms with Crippen LogP contribution in [0.25, 0.3) is 0 Å². The normalized spacial score (nSPS) is 18.9. The minimum absolute atomic E-state index is 0.175. The number of benzene rings is 2. The first-order valence-electron chi connectivity index (χ1n) is 10.2. The summed E-state index contributed by atoms with van der Waals surface area (Å²) in [6.07, 6.45) is 1.15. The number of carbonyl (C=O) groups is 2. The van der Waals surface area contributed by atoms with Crippen LogP contribution in [0.5, 0.6) is 0 Å². The van der Waals surface area contributed by atoms with E-state index in [1.54, 1.807) is 30.3 Å². The zero-order valence-electron chi connectivity index (χ0n) is 17.5. The highest BCUT2D eigenvalue weighted by Gasteiger charge is 2.38. The summed E-state index contributed by atoms with van der Waals surface area (Å²) in [6, 6.07) is 11.1. The standard InChI is InChI=1S/C23H25N3O4S/c1-14(2)16-5-8-19(9-6-16)31(29,30)25-18-7-10-20-17(12-18)13-26(23(20)28)21-11-4-15(3)24-22(21)27/h5-10,12,14,21,25H,3-4,11,13H2,1-2H3,(H,24,27). The fourth-order valence-corrected chi connectivity index (χ4v) is 5.01. The van der Waals surface area contributed by atoms with E-state index in [9.17, 15) is 18.0 Å². The summed E-state index contributed by atoms with van der Waals surface area (Å²) in [4.78, 5) is 26.8. The Kier molecular flexibility index (Phi) is 5.35.